The second-order valence-electron chi connectivity index (χ2n) is 15.5. The van der Waals surface area contributed by atoms with Gasteiger partial charge in [0.15, 0.2) is 17.3 Å². The van der Waals surface area contributed by atoms with Crippen molar-refractivity contribution in [2.24, 2.45) is 28.0 Å². The molecular formula is C36H38ClF7N10O3. The number of hydrogen-bond donors (Lipinski definition) is 2. The Morgan fingerprint density at radius 2 is 1.86 bits per heavy atom. The summed E-state index contributed by atoms with van der Waals surface area (Å²) in [5.41, 5.74) is 1.14. The number of rotatable bonds is 13. The lowest BCUT2D eigenvalue weighted by Crippen LogP contribution is -2.54. The maximum absolute atomic E-state index is 15.1. The van der Waals surface area contributed by atoms with Gasteiger partial charge in [-0.15, -0.1) is 0 Å². The minimum atomic E-state index is -4.81. The van der Waals surface area contributed by atoms with Crippen molar-refractivity contribution in [3.05, 3.63) is 65.2 Å². The molecule has 0 saturated heterocycles. The van der Waals surface area contributed by atoms with E-state index in [0.717, 1.165) is 37.9 Å². The number of aliphatic imine (C=N–C) groups is 1. The third-order valence-corrected chi connectivity index (χ3v) is 11.3. The Morgan fingerprint density at radius 1 is 1.14 bits per heavy atom. The molecule has 3 aliphatic carbocycles. The minimum Gasteiger partial charge on any atom is -0.447 e. The molecule has 1 aromatic carbocycles. The van der Waals surface area contributed by atoms with E-state index in [4.69, 9.17) is 22.1 Å². The van der Waals surface area contributed by atoms with Gasteiger partial charge in [0.1, 0.15) is 24.2 Å². The van der Waals surface area contributed by atoms with Gasteiger partial charge in [0, 0.05) is 11.5 Å². The van der Waals surface area contributed by atoms with Crippen molar-refractivity contribution >= 4 is 35.1 Å². The summed E-state index contributed by atoms with van der Waals surface area (Å²) in [4.78, 5) is 39.0. The van der Waals surface area contributed by atoms with Crippen molar-refractivity contribution < 1.29 is 45.1 Å². The SMILES string of the molecule is CC1C=C(c2cnn(C3CC3)n2)C=CC1[C@@]1(CC(C)(C)C(F)(F)F)N=C(N)N([C@H](COC(=O)NC2(C(F)F)CC2)c2ccc(Cl)c(-c3ncnn3C(F)F)c2)C1=O. The van der Waals surface area contributed by atoms with Gasteiger partial charge in [-0.1, -0.05) is 56.7 Å². The number of carbonyl (C=O) groups is 2. The van der Waals surface area contributed by atoms with Crippen LogP contribution in [-0.2, 0) is 9.53 Å². The van der Waals surface area contributed by atoms with Gasteiger partial charge in [0.2, 0.25) is 0 Å². The monoisotopic (exact) mass is 826 g/mol. The van der Waals surface area contributed by atoms with Crippen molar-refractivity contribution in [1.29, 1.82) is 0 Å². The first-order valence-corrected chi connectivity index (χ1v) is 18.4. The van der Waals surface area contributed by atoms with Gasteiger partial charge >= 0.3 is 18.8 Å². The molecule has 3 heterocycles. The van der Waals surface area contributed by atoms with Gasteiger partial charge in [-0.2, -0.15) is 46.7 Å². The number of guanidine groups is 1. The van der Waals surface area contributed by atoms with Crippen LogP contribution in [0.25, 0.3) is 17.0 Å². The van der Waals surface area contributed by atoms with Crippen molar-refractivity contribution in [2.75, 3.05) is 6.61 Å². The Kier molecular flexibility index (Phi) is 10.2. The molecule has 4 aliphatic rings. The smallest absolute Gasteiger partial charge is 0.407 e. The lowest BCUT2D eigenvalue weighted by atomic mass is 9.66. The molecule has 4 atom stereocenters. The van der Waals surface area contributed by atoms with Crippen LogP contribution in [0.15, 0.2) is 53.9 Å². The highest BCUT2D eigenvalue weighted by Crippen LogP contribution is 2.52. The van der Waals surface area contributed by atoms with Crippen LogP contribution in [0, 0.1) is 17.3 Å². The lowest BCUT2D eigenvalue weighted by molar-refractivity contribution is -0.219. The third kappa shape index (κ3) is 7.47. The Hall–Kier alpha value is -5.01. The number of nitrogens with one attached hydrogen (secondary N) is 1. The average molecular weight is 827 g/mol. The summed E-state index contributed by atoms with van der Waals surface area (Å²) < 4.78 is 105. The number of carbonyl (C=O) groups excluding carboxylic acids is 2. The number of hydrogen-bond acceptors (Lipinski definition) is 9. The van der Waals surface area contributed by atoms with Crippen LogP contribution in [0.5, 0.6) is 0 Å². The van der Waals surface area contributed by atoms with Gasteiger partial charge < -0.3 is 15.8 Å². The van der Waals surface area contributed by atoms with E-state index in [2.05, 4.69) is 30.6 Å². The Labute approximate surface area is 326 Å². The zero-order chi connectivity index (χ0) is 41.2. The largest absolute Gasteiger partial charge is 0.447 e. The summed E-state index contributed by atoms with van der Waals surface area (Å²) >= 11 is 6.43. The molecule has 7 rings (SSSR count). The summed E-state index contributed by atoms with van der Waals surface area (Å²) in [6.45, 7) is -0.323. The number of alkyl halides is 7. The highest BCUT2D eigenvalue weighted by Gasteiger charge is 2.62. The fraction of sp³-hybridized carbons (Fsp3) is 0.528. The predicted octanol–water partition coefficient (Wildman–Crippen LogP) is 7.27. The lowest BCUT2D eigenvalue weighted by Gasteiger charge is -2.42. The maximum Gasteiger partial charge on any atom is 0.407 e. The third-order valence-electron chi connectivity index (χ3n) is 11.0. The van der Waals surface area contributed by atoms with Crippen LogP contribution in [0.1, 0.15) is 82.8 Å². The van der Waals surface area contributed by atoms with Crippen LogP contribution in [-0.4, -0.2) is 82.9 Å². The van der Waals surface area contributed by atoms with E-state index in [9.17, 15) is 35.5 Å². The van der Waals surface area contributed by atoms with E-state index in [1.165, 1.54) is 18.2 Å². The summed E-state index contributed by atoms with van der Waals surface area (Å²) in [6.07, 6.45) is -0.540. The van der Waals surface area contributed by atoms with Crippen molar-refractivity contribution in [1.82, 2.24) is 40.0 Å². The molecule has 2 amide bonds. The normalized spacial score (nSPS) is 23.9. The van der Waals surface area contributed by atoms with E-state index >= 15 is 4.79 Å². The molecule has 3 aromatic rings. The molecule has 0 radical (unpaired) electrons. The van der Waals surface area contributed by atoms with Gasteiger partial charge in [0.25, 0.3) is 12.3 Å². The topological polar surface area (TPSA) is 158 Å². The van der Waals surface area contributed by atoms with Crippen LogP contribution in [0.2, 0.25) is 5.02 Å². The van der Waals surface area contributed by atoms with Gasteiger partial charge in [0.05, 0.1) is 28.7 Å². The highest BCUT2D eigenvalue weighted by atomic mass is 35.5. The maximum atomic E-state index is 15.1. The van der Waals surface area contributed by atoms with Crippen LogP contribution in [0.4, 0.5) is 35.5 Å². The van der Waals surface area contributed by atoms with Crippen LogP contribution in [0.3, 0.4) is 0 Å². The summed E-state index contributed by atoms with van der Waals surface area (Å²) in [5.74, 6) is -3.52. The van der Waals surface area contributed by atoms with Crippen molar-refractivity contribution in [2.45, 2.75) is 95.2 Å². The Balaban J connectivity index is 1.28. The number of amides is 2. The molecule has 21 heteroatoms. The van der Waals surface area contributed by atoms with E-state index in [1.54, 1.807) is 36.1 Å². The molecule has 13 nitrogen and oxygen atoms in total. The number of ether oxygens (including phenoxy) is 1. The second kappa shape index (κ2) is 14.4. The molecule has 0 spiro atoms. The Bertz CT molecular complexity index is 2140. The number of alkyl carbamates (subject to hydrolysis) is 1. The molecule has 1 aliphatic heterocycles. The molecule has 3 N–H and O–H groups in total. The highest BCUT2D eigenvalue weighted by molar-refractivity contribution is 6.33. The standard InChI is InChI=1S/C36H38ClF7N10O3/c1-18-12-19(25-14-47-54(51-25)21-6-7-21)4-8-23(18)35(16-33(2,3)36(42,43)44)29(55)52(31(45)49-35)26(15-57-32(56)50-34(10-11-34)28(38)39)20-5-9-24(37)22(13-20)27-46-17-48-53(27)30(40)41/h4-5,8-9,12-14,17-18,21,23,26,28,30H,6-7,10-11,15-16H2,1-3H3,(H2,45,49)(H,50,56)/t18?,23?,26-,35-/m1/s1. The molecule has 2 fully saturated rings. The zero-order valence-electron chi connectivity index (χ0n) is 30.7. The molecule has 306 valence electrons. The van der Waals surface area contributed by atoms with Crippen molar-refractivity contribution in [3.8, 4) is 11.4 Å². The predicted molar refractivity (Wildman–Crippen MR) is 191 cm³/mol. The summed E-state index contributed by atoms with van der Waals surface area (Å²) in [6, 6.07) is 2.60. The number of nitrogens with zero attached hydrogens (tertiary/aromatic N) is 8. The second-order valence-corrected chi connectivity index (χ2v) is 15.9. The fourth-order valence-corrected chi connectivity index (χ4v) is 7.58. The first-order valence-electron chi connectivity index (χ1n) is 18.1. The Morgan fingerprint density at radius 3 is 2.47 bits per heavy atom. The van der Waals surface area contributed by atoms with Crippen LogP contribution >= 0.6 is 11.6 Å². The number of nitrogens with two attached hydrogens (primary N) is 1. The van der Waals surface area contributed by atoms with Gasteiger partial charge in [-0.25, -0.2) is 23.6 Å². The van der Waals surface area contributed by atoms with Crippen LogP contribution < -0.4 is 11.1 Å². The summed E-state index contributed by atoms with van der Waals surface area (Å²) in [5, 5.41) is 14.5. The summed E-state index contributed by atoms with van der Waals surface area (Å²) in [7, 11) is 0. The van der Waals surface area contributed by atoms with Gasteiger partial charge in [-0.05, 0) is 61.3 Å². The quantitative estimate of drug-likeness (QED) is 0.171. The molecular weight excluding hydrogens is 789 g/mol. The molecule has 2 aromatic heterocycles. The number of allylic oxidation sites excluding steroid dienone is 3. The van der Waals surface area contributed by atoms with E-state index in [-0.39, 0.29) is 45.5 Å². The van der Waals surface area contributed by atoms with E-state index in [0.29, 0.717) is 11.3 Å². The van der Waals surface area contributed by atoms with E-state index in [1.807, 2.05) is 0 Å². The zero-order valence-corrected chi connectivity index (χ0v) is 31.5. The first kappa shape index (κ1) is 40.2. The molecule has 0 bridgehead atoms. The first-order chi connectivity index (χ1) is 26.8. The average Bonchev–Trinajstić information content (AvgIpc) is 4.00. The molecule has 2 unspecified atom stereocenters. The number of halogens is 8. The van der Waals surface area contributed by atoms with Crippen molar-refractivity contribution in [3.63, 3.8) is 0 Å². The number of benzene rings is 1. The van der Waals surface area contributed by atoms with Gasteiger partial charge in [-0.3, -0.25) is 9.69 Å². The fourth-order valence-electron chi connectivity index (χ4n) is 7.38. The molecule has 2 saturated carbocycles. The van der Waals surface area contributed by atoms with E-state index < -0.39 is 84.5 Å². The molecule has 57 heavy (non-hydrogen) atoms. The number of aromatic nitrogens is 6. The minimum absolute atomic E-state index is 0.0154.